The number of nitrogens with zero attached hydrogens (tertiary/aromatic N) is 4. The van der Waals surface area contributed by atoms with Crippen molar-refractivity contribution in [2.75, 3.05) is 59.5 Å². The summed E-state index contributed by atoms with van der Waals surface area (Å²) < 4.78 is 13.8. The minimum absolute atomic E-state index is 0. The van der Waals surface area contributed by atoms with Crippen LogP contribution in [0.3, 0.4) is 0 Å². The molecule has 0 aliphatic carbocycles. The van der Waals surface area contributed by atoms with Crippen molar-refractivity contribution in [1.29, 1.82) is 0 Å². The summed E-state index contributed by atoms with van der Waals surface area (Å²) in [5.74, 6) is 2.66. The van der Waals surface area contributed by atoms with Crippen molar-refractivity contribution >= 4 is 48.3 Å². The molecule has 2 aliphatic rings. The molecule has 0 amide bonds. The number of fused-ring (bicyclic) bond motifs is 2. The molecule has 0 unspecified atom stereocenters. The summed E-state index contributed by atoms with van der Waals surface area (Å²) in [6.07, 6.45) is 0.782. The number of aromatic nitrogens is 2. The lowest BCUT2D eigenvalue weighted by Crippen LogP contribution is -2.45. The molecule has 160 valence electrons. The smallest absolute Gasteiger partial charge is 0.163 e. The molecule has 1 aromatic carbocycles. The number of nitrogens with two attached hydrogens (primary N) is 1. The van der Waals surface area contributed by atoms with E-state index in [1.54, 1.807) is 0 Å². The molecule has 2 aliphatic heterocycles. The predicted molar refractivity (Wildman–Crippen MR) is 119 cm³/mol. The van der Waals surface area contributed by atoms with E-state index >= 15 is 0 Å². The molecule has 0 atom stereocenters. The van der Waals surface area contributed by atoms with Crippen LogP contribution in [0.2, 0.25) is 0 Å². The van der Waals surface area contributed by atoms with Crippen molar-refractivity contribution in [3.63, 3.8) is 0 Å². The first-order valence-electron chi connectivity index (χ1n) is 9.14. The van der Waals surface area contributed by atoms with Crippen LogP contribution >= 0.6 is 37.2 Å². The van der Waals surface area contributed by atoms with Crippen molar-refractivity contribution in [3.05, 3.63) is 18.0 Å². The van der Waals surface area contributed by atoms with Crippen LogP contribution in [0.15, 0.2) is 12.1 Å². The number of ether oxygens (including phenoxy) is 2. The molecule has 1 fully saturated rings. The van der Waals surface area contributed by atoms with Crippen LogP contribution in [0.25, 0.3) is 11.0 Å². The van der Waals surface area contributed by atoms with E-state index < -0.39 is 0 Å². The van der Waals surface area contributed by atoms with Gasteiger partial charge in [-0.15, -0.1) is 37.2 Å². The van der Waals surface area contributed by atoms with Gasteiger partial charge in [-0.1, -0.05) is 0 Å². The van der Waals surface area contributed by atoms with E-state index in [0.29, 0.717) is 19.8 Å². The lowest BCUT2D eigenvalue weighted by Gasteiger charge is -2.32. The number of piperazine rings is 1. The second-order valence-electron chi connectivity index (χ2n) is 6.85. The fourth-order valence-electron chi connectivity index (χ4n) is 3.59. The highest BCUT2D eigenvalue weighted by Gasteiger charge is 2.19. The molecule has 10 heteroatoms. The van der Waals surface area contributed by atoms with Gasteiger partial charge in [0.05, 0.1) is 11.0 Å². The minimum Gasteiger partial charge on any atom is -0.486 e. The van der Waals surface area contributed by atoms with Gasteiger partial charge in [0.25, 0.3) is 0 Å². The maximum absolute atomic E-state index is 5.81. The molecule has 2 aromatic rings. The lowest BCUT2D eigenvalue weighted by molar-refractivity contribution is 0.150. The van der Waals surface area contributed by atoms with E-state index in [2.05, 4.69) is 27.5 Å². The molecule has 0 radical (unpaired) electrons. The number of rotatable bonds is 5. The maximum atomic E-state index is 5.81. The van der Waals surface area contributed by atoms with Gasteiger partial charge >= 0.3 is 0 Å². The van der Waals surface area contributed by atoms with Crippen molar-refractivity contribution in [2.45, 2.75) is 13.0 Å². The molecule has 0 spiro atoms. The van der Waals surface area contributed by atoms with Crippen LogP contribution in [0.4, 0.5) is 0 Å². The lowest BCUT2D eigenvalue weighted by atomic mass is 10.2. The van der Waals surface area contributed by atoms with Gasteiger partial charge in [0, 0.05) is 57.8 Å². The number of hydrogen-bond acceptors (Lipinski definition) is 6. The maximum Gasteiger partial charge on any atom is 0.163 e. The molecule has 3 heterocycles. The van der Waals surface area contributed by atoms with Gasteiger partial charge in [-0.2, -0.15) is 0 Å². The monoisotopic (exact) mass is 453 g/mol. The standard InChI is InChI=1S/C18H27N5O2.3ClH/c1-21-4-6-22(7-5-21)8-9-23-15-13-17-16(24-10-11-25-17)12-14(15)20-18(23)2-3-19;;;/h12-13H,2-11,19H2,1H3;3*1H. The zero-order valence-corrected chi connectivity index (χ0v) is 18.6. The highest BCUT2D eigenvalue weighted by molar-refractivity contribution is 5.86. The number of imidazole rings is 1. The fourth-order valence-corrected chi connectivity index (χ4v) is 3.59. The van der Waals surface area contributed by atoms with Crippen molar-refractivity contribution in [2.24, 2.45) is 5.73 Å². The third kappa shape index (κ3) is 5.34. The number of likely N-dealkylation sites (N-methyl/N-ethyl adjacent to an activating group) is 1. The summed E-state index contributed by atoms with van der Waals surface area (Å²) >= 11 is 0. The topological polar surface area (TPSA) is 68.8 Å². The fraction of sp³-hybridized carbons (Fsp3) is 0.611. The van der Waals surface area contributed by atoms with Crippen LogP contribution < -0.4 is 15.2 Å². The van der Waals surface area contributed by atoms with Gasteiger partial charge in [0.2, 0.25) is 0 Å². The molecule has 28 heavy (non-hydrogen) atoms. The van der Waals surface area contributed by atoms with E-state index in [-0.39, 0.29) is 37.2 Å². The van der Waals surface area contributed by atoms with Gasteiger partial charge in [-0.3, -0.25) is 4.90 Å². The molecule has 7 nitrogen and oxygen atoms in total. The summed E-state index contributed by atoms with van der Waals surface area (Å²) in [5, 5.41) is 0. The van der Waals surface area contributed by atoms with Gasteiger partial charge in [-0.25, -0.2) is 4.98 Å². The molecule has 1 aromatic heterocycles. The third-order valence-corrected chi connectivity index (χ3v) is 5.09. The Morgan fingerprint density at radius 1 is 0.964 bits per heavy atom. The van der Waals surface area contributed by atoms with Crippen LogP contribution in [0.1, 0.15) is 5.82 Å². The Kier molecular flexibility index (Phi) is 10.1. The van der Waals surface area contributed by atoms with Crippen LogP contribution in [0.5, 0.6) is 11.5 Å². The largest absolute Gasteiger partial charge is 0.486 e. The average Bonchev–Trinajstić information content (AvgIpc) is 2.96. The summed E-state index contributed by atoms with van der Waals surface area (Å²) in [7, 11) is 2.19. The SMILES string of the molecule is CN1CCN(CCn2c(CCN)nc3cc4c(cc32)OCCO4)CC1.Cl.Cl.Cl. The summed E-state index contributed by atoms with van der Waals surface area (Å²) in [6.45, 7) is 8.29. The average molecular weight is 455 g/mol. The van der Waals surface area contributed by atoms with E-state index in [1.165, 1.54) is 0 Å². The Morgan fingerprint density at radius 2 is 1.61 bits per heavy atom. The predicted octanol–water partition coefficient (Wildman–Crippen LogP) is 1.82. The van der Waals surface area contributed by atoms with Crippen LogP contribution in [-0.2, 0) is 13.0 Å². The highest BCUT2D eigenvalue weighted by Crippen LogP contribution is 2.34. The molecule has 0 bridgehead atoms. The zero-order chi connectivity index (χ0) is 17.2. The second-order valence-corrected chi connectivity index (χ2v) is 6.85. The summed E-state index contributed by atoms with van der Waals surface area (Å²) in [5.41, 5.74) is 7.89. The third-order valence-electron chi connectivity index (χ3n) is 5.09. The Hall–Kier alpha value is -0.960. The molecular weight excluding hydrogens is 425 g/mol. The molecule has 0 saturated carbocycles. The Balaban J connectivity index is 0.00000131. The van der Waals surface area contributed by atoms with Crippen LogP contribution in [-0.4, -0.2) is 78.9 Å². The first kappa shape index (κ1) is 25.1. The van der Waals surface area contributed by atoms with Crippen molar-refractivity contribution < 1.29 is 9.47 Å². The van der Waals surface area contributed by atoms with E-state index in [9.17, 15) is 0 Å². The van der Waals surface area contributed by atoms with Gasteiger partial charge < -0.3 is 24.7 Å². The molecule has 2 N–H and O–H groups in total. The highest BCUT2D eigenvalue weighted by atomic mass is 35.5. The Morgan fingerprint density at radius 3 is 2.25 bits per heavy atom. The normalized spacial score (nSPS) is 16.8. The summed E-state index contributed by atoms with van der Waals surface area (Å²) in [6, 6.07) is 4.07. The molecule has 4 rings (SSSR count). The Bertz CT molecular complexity index is 750. The van der Waals surface area contributed by atoms with E-state index in [0.717, 1.165) is 74.0 Å². The quantitative estimate of drug-likeness (QED) is 0.743. The zero-order valence-electron chi connectivity index (χ0n) is 16.1. The molecule has 1 saturated heterocycles. The summed E-state index contributed by atoms with van der Waals surface area (Å²) in [4.78, 5) is 9.71. The van der Waals surface area contributed by atoms with E-state index in [4.69, 9.17) is 20.2 Å². The first-order valence-corrected chi connectivity index (χ1v) is 9.14. The minimum atomic E-state index is 0. The van der Waals surface area contributed by atoms with Crippen LogP contribution in [0, 0.1) is 0 Å². The number of hydrogen-bond donors (Lipinski definition) is 1. The number of benzene rings is 1. The van der Waals surface area contributed by atoms with Gasteiger partial charge in [-0.05, 0) is 13.6 Å². The van der Waals surface area contributed by atoms with Crippen molar-refractivity contribution in [3.8, 4) is 11.5 Å². The van der Waals surface area contributed by atoms with E-state index in [1.807, 2.05) is 6.07 Å². The second kappa shape index (κ2) is 11.3. The Labute approximate surface area is 184 Å². The van der Waals surface area contributed by atoms with Crippen molar-refractivity contribution in [1.82, 2.24) is 19.4 Å². The molecular formula is C18H30Cl3N5O2. The first-order chi connectivity index (χ1) is 12.2. The van der Waals surface area contributed by atoms with Gasteiger partial charge in [0.1, 0.15) is 19.0 Å². The van der Waals surface area contributed by atoms with Gasteiger partial charge in [0.15, 0.2) is 11.5 Å². The number of halogens is 3.